The minimum Gasteiger partial charge on any atom is -0.398 e. The lowest BCUT2D eigenvalue weighted by Gasteiger charge is -2.28. The molecule has 0 bridgehead atoms. The van der Waals surface area contributed by atoms with Gasteiger partial charge in [-0.3, -0.25) is 0 Å². The number of nitrogens with two attached hydrogens (primary N) is 1. The van der Waals surface area contributed by atoms with E-state index in [0.717, 1.165) is 6.54 Å². The summed E-state index contributed by atoms with van der Waals surface area (Å²) in [4.78, 5) is 2.26. The number of anilines is 1. The monoisotopic (exact) mass is 377 g/mol. The number of nitrogen functional groups attached to an aromatic ring is 1. The summed E-state index contributed by atoms with van der Waals surface area (Å²) >= 11 is 3.30. The summed E-state index contributed by atoms with van der Waals surface area (Å²) in [7, 11) is 0.368. The molecule has 1 rings (SSSR count). The number of rotatable bonds is 6. The van der Waals surface area contributed by atoms with E-state index < -0.39 is 10.0 Å². The fraction of sp³-hybridized carbons (Fsp3) is 0.571. The largest absolute Gasteiger partial charge is 0.398 e. The summed E-state index contributed by atoms with van der Waals surface area (Å²) in [6.07, 6.45) is 0. The Hall–Kier alpha value is -0.630. The maximum Gasteiger partial charge on any atom is 0.240 e. The summed E-state index contributed by atoms with van der Waals surface area (Å²) in [6.45, 7) is 6.96. The number of sulfonamides is 1. The van der Waals surface area contributed by atoms with Crippen molar-refractivity contribution in [3.63, 3.8) is 0 Å². The SMILES string of the molecule is Cc1cc(Br)c(N)cc1S(=O)(=O)NCC(C)(C)CN(C)C. The number of aryl methyl sites for hydroxylation is 1. The molecule has 0 fully saturated rings. The highest BCUT2D eigenvalue weighted by atomic mass is 79.9. The second kappa shape index (κ2) is 6.64. The van der Waals surface area contributed by atoms with Crippen LogP contribution in [-0.4, -0.2) is 40.5 Å². The molecule has 0 radical (unpaired) electrons. The van der Waals surface area contributed by atoms with Crippen molar-refractivity contribution in [3.8, 4) is 0 Å². The lowest BCUT2D eigenvalue weighted by Crippen LogP contribution is -2.40. The van der Waals surface area contributed by atoms with Crippen molar-refractivity contribution in [3.05, 3.63) is 22.2 Å². The van der Waals surface area contributed by atoms with Crippen molar-refractivity contribution in [2.75, 3.05) is 32.9 Å². The Morgan fingerprint density at radius 2 is 1.90 bits per heavy atom. The van der Waals surface area contributed by atoms with E-state index in [4.69, 9.17) is 5.73 Å². The number of hydrogen-bond acceptors (Lipinski definition) is 4. The van der Waals surface area contributed by atoms with Crippen LogP contribution < -0.4 is 10.5 Å². The predicted molar refractivity (Wildman–Crippen MR) is 90.8 cm³/mol. The minimum atomic E-state index is -3.57. The first-order valence-electron chi connectivity index (χ1n) is 6.65. The van der Waals surface area contributed by atoms with Gasteiger partial charge in [0.25, 0.3) is 0 Å². The summed E-state index contributed by atoms with van der Waals surface area (Å²) in [5, 5.41) is 0. The molecule has 3 N–H and O–H groups in total. The van der Waals surface area contributed by atoms with Gasteiger partial charge < -0.3 is 10.6 Å². The Bertz CT molecular complexity index is 613. The molecule has 21 heavy (non-hydrogen) atoms. The van der Waals surface area contributed by atoms with Crippen molar-refractivity contribution in [2.24, 2.45) is 5.41 Å². The van der Waals surface area contributed by atoms with Crippen LogP contribution in [0, 0.1) is 12.3 Å². The van der Waals surface area contributed by atoms with Crippen LogP contribution in [0.5, 0.6) is 0 Å². The summed E-state index contributed by atoms with van der Waals surface area (Å²) in [6, 6.07) is 3.20. The van der Waals surface area contributed by atoms with Crippen LogP contribution in [-0.2, 0) is 10.0 Å². The molecule has 0 heterocycles. The summed E-state index contributed by atoms with van der Waals surface area (Å²) in [5.41, 5.74) is 6.70. The topological polar surface area (TPSA) is 75.4 Å². The molecular weight excluding hydrogens is 354 g/mol. The van der Waals surface area contributed by atoms with E-state index in [0.29, 0.717) is 22.3 Å². The van der Waals surface area contributed by atoms with Crippen molar-refractivity contribution < 1.29 is 8.42 Å². The van der Waals surface area contributed by atoms with E-state index in [2.05, 4.69) is 20.7 Å². The highest BCUT2D eigenvalue weighted by Gasteiger charge is 2.24. The Balaban J connectivity index is 2.95. The van der Waals surface area contributed by atoms with Crippen LogP contribution in [0.15, 0.2) is 21.5 Å². The van der Waals surface area contributed by atoms with Crippen LogP contribution in [0.3, 0.4) is 0 Å². The minimum absolute atomic E-state index is 0.161. The molecule has 5 nitrogen and oxygen atoms in total. The van der Waals surface area contributed by atoms with E-state index in [1.54, 1.807) is 13.0 Å². The molecule has 7 heteroatoms. The molecule has 0 aliphatic rings. The Labute approximate surface area is 136 Å². The third-order valence-corrected chi connectivity index (χ3v) is 5.30. The van der Waals surface area contributed by atoms with Gasteiger partial charge in [0, 0.05) is 23.2 Å². The molecule has 0 spiro atoms. The molecule has 120 valence electrons. The molecule has 0 saturated heterocycles. The van der Waals surface area contributed by atoms with E-state index in [1.165, 1.54) is 6.07 Å². The van der Waals surface area contributed by atoms with E-state index >= 15 is 0 Å². The van der Waals surface area contributed by atoms with Gasteiger partial charge in [-0.25, -0.2) is 13.1 Å². The highest BCUT2D eigenvalue weighted by molar-refractivity contribution is 9.10. The molecule has 0 aliphatic heterocycles. The Morgan fingerprint density at radius 3 is 2.43 bits per heavy atom. The average molecular weight is 378 g/mol. The molecule has 0 amide bonds. The van der Waals surface area contributed by atoms with Crippen molar-refractivity contribution in [1.82, 2.24) is 9.62 Å². The second-order valence-corrected chi connectivity index (χ2v) is 8.96. The molecule has 0 atom stereocenters. The van der Waals surface area contributed by atoms with Gasteiger partial charge in [0.15, 0.2) is 0 Å². The Morgan fingerprint density at radius 1 is 1.33 bits per heavy atom. The van der Waals surface area contributed by atoms with E-state index in [9.17, 15) is 8.42 Å². The van der Waals surface area contributed by atoms with Crippen LogP contribution in [0.1, 0.15) is 19.4 Å². The zero-order valence-corrected chi connectivity index (χ0v) is 15.6. The van der Waals surface area contributed by atoms with Crippen LogP contribution in [0.25, 0.3) is 0 Å². The van der Waals surface area contributed by atoms with Gasteiger partial charge in [0.05, 0.1) is 4.90 Å². The standard InChI is InChI=1S/C14H24BrN3O2S/c1-10-6-11(15)12(16)7-13(10)21(19,20)17-8-14(2,3)9-18(4)5/h6-7,17H,8-9,16H2,1-5H3. The van der Waals surface area contributed by atoms with Gasteiger partial charge in [-0.1, -0.05) is 13.8 Å². The normalized spacial score (nSPS) is 12.9. The van der Waals surface area contributed by atoms with Crippen molar-refractivity contribution >= 4 is 31.6 Å². The highest BCUT2D eigenvalue weighted by Crippen LogP contribution is 2.27. The van der Waals surface area contributed by atoms with Gasteiger partial charge in [0.2, 0.25) is 10.0 Å². The lowest BCUT2D eigenvalue weighted by atomic mass is 9.93. The number of halogens is 1. The number of nitrogens with one attached hydrogen (secondary N) is 1. The fourth-order valence-electron chi connectivity index (χ4n) is 2.24. The van der Waals surface area contributed by atoms with E-state index in [1.807, 2.05) is 32.8 Å². The third kappa shape index (κ3) is 5.25. The molecule has 0 saturated carbocycles. The molecular formula is C14H24BrN3O2S. The zero-order valence-electron chi connectivity index (χ0n) is 13.2. The Kier molecular flexibility index (Phi) is 5.83. The predicted octanol–water partition coefficient (Wildman–Crippen LogP) is 2.21. The smallest absolute Gasteiger partial charge is 0.240 e. The number of hydrogen-bond donors (Lipinski definition) is 2. The fourth-order valence-corrected chi connectivity index (χ4v) is 4.20. The van der Waals surface area contributed by atoms with Gasteiger partial charge in [-0.05, 0) is 60.1 Å². The van der Waals surface area contributed by atoms with Gasteiger partial charge in [0.1, 0.15) is 0 Å². The summed E-state index contributed by atoms with van der Waals surface area (Å²) in [5.74, 6) is 0. The molecule has 0 aromatic heterocycles. The summed E-state index contributed by atoms with van der Waals surface area (Å²) < 4.78 is 28.3. The second-order valence-electron chi connectivity index (χ2n) is 6.37. The van der Waals surface area contributed by atoms with Crippen LogP contribution in [0.4, 0.5) is 5.69 Å². The maximum atomic E-state index is 12.5. The van der Waals surface area contributed by atoms with Crippen molar-refractivity contribution in [1.29, 1.82) is 0 Å². The maximum absolute atomic E-state index is 12.5. The molecule has 0 aliphatic carbocycles. The van der Waals surface area contributed by atoms with Crippen LogP contribution in [0.2, 0.25) is 0 Å². The first-order chi connectivity index (χ1) is 9.44. The van der Waals surface area contributed by atoms with Gasteiger partial charge >= 0.3 is 0 Å². The number of nitrogens with zero attached hydrogens (tertiary/aromatic N) is 1. The molecule has 1 aromatic rings. The average Bonchev–Trinajstić information content (AvgIpc) is 2.30. The number of benzene rings is 1. The van der Waals surface area contributed by atoms with Crippen molar-refractivity contribution in [2.45, 2.75) is 25.7 Å². The molecule has 0 unspecified atom stereocenters. The van der Waals surface area contributed by atoms with Crippen LogP contribution >= 0.6 is 15.9 Å². The van der Waals surface area contributed by atoms with Gasteiger partial charge in [-0.2, -0.15) is 0 Å². The first kappa shape index (κ1) is 18.4. The first-order valence-corrected chi connectivity index (χ1v) is 8.92. The zero-order chi connectivity index (χ0) is 16.4. The third-order valence-electron chi connectivity index (χ3n) is 3.07. The quantitative estimate of drug-likeness (QED) is 0.745. The molecule has 1 aromatic carbocycles. The lowest BCUT2D eigenvalue weighted by molar-refractivity contribution is 0.242. The van der Waals surface area contributed by atoms with E-state index in [-0.39, 0.29) is 10.3 Å². The van der Waals surface area contributed by atoms with Gasteiger partial charge in [-0.15, -0.1) is 0 Å².